The Morgan fingerprint density at radius 1 is 1.13 bits per heavy atom. The molecule has 0 amide bonds. The van der Waals surface area contributed by atoms with Gasteiger partial charge in [-0.15, -0.1) is 0 Å². The zero-order valence-corrected chi connectivity index (χ0v) is 11.6. The Balaban J connectivity index is 0.000000583. The molecular weight excluding hydrogens is 186 g/mol. The zero-order valence-electron chi connectivity index (χ0n) is 11.6. The standard InChI is InChI=1S/C10H21NO.C3H8/c1-7-6-8(2)12-9(3)10(7)11(4)5;1-3-2/h7-10H,6H2,1-5H3;3H2,1-2H3. The van der Waals surface area contributed by atoms with E-state index in [-0.39, 0.29) is 0 Å². The summed E-state index contributed by atoms with van der Waals surface area (Å²) in [6, 6.07) is 0.584. The lowest BCUT2D eigenvalue weighted by Gasteiger charge is -2.41. The van der Waals surface area contributed by atoms with Crippen LogP contribution in [0.4, 0.5) is 0 Å². The van der Waals surface area contributed by atoms with Crippen LogP contribution in [-0.2, 0) is 4.74 Å². The third kappa shape index (κ3) is 4.98. The molecule has 0 bridgehead atoms. The maximum absolute atomic E-state index is 5.79. The van der Waals surface area contributed by atoms with Crippen molar-refractivity contribution in [1.82, 2.24) is 4.90 Å². The molecule has 0 spiro atoms. The first-order valence-corrected chi connectivity index (χ1v) is 6.25. The van der Waals surface area contributed by atoms with Gasteiger partial charge in [0.25, 0.3) is 0 Å². The minimum atomic E-state index is 0.374. The van der Waals surface area contributed by atoms with E-state index in [1.807, 2.05) is 0 Å². The Hall–Kier alpha value is -0.0800. The van der Waals surface area contributed by atoms with Crippen LogP contribution in [0.5, 0.6) is 0 Å². The summed E-state index contributed by atoms with van der Waals surface area (Å²) in [6.45, 7) is 10.9. The maximum Gasteiger partial charge on any atom is 0.0708 e. The summed E-state index contributed by atoms with van der Waals surface area (Å²) < 4.78 is 5.79. The van der Waals surface area contributed by atoms with E-state index < -0.39 is 0 Å². The first-order chi connectivity index (χ1) is 6.93. The van der Waals surface area contributed by atoms with Crippen LogP contribution in [0.1, 0.15) is 47.5 Å². The van der Waals surface area contributed by atoms with Gasteiger partial charge in [-0.1, -0.05) is 27.2 Å². The minimum absolute atomic E-state index is 0.374. The predicted molar refractivity (Wildman–Crippen MR) is 67.2 cm³/mol. The molecule has 92 valence electrons. The fraction of sp³-hybridized carbons (Fsp3) is 1.00. The minimum Gasteiger partial charge on any atom is -0.374 e. The molecule has 2 heteroatoms. The summed E-state index contributed by atoms with van der Waals surface area (Å²) in [5.41, 5.74) is 0. The molecule has 1 saturated heterocycles. The average molecular weight is 215 g/mol. The summed E-state index contributed by atoms with van der Waals surface area (Å²) in [5.74, 6) is 0.749. The highest BCUT2D eigenvalue weighted by molar-refractivity contribution is 4.85. The molecule has 4 unspecified atom stereocenters. The van der Waals surface area contributed by atoms with Crippen molar-refractivity contribution in [2.24, 2.45) is 5.92 Å². The molecule has 0 radical (unpaired) electrons. The molecule has 1 rings (SSSR count). The number of rotatable bonds is 1. The smallest absolute Gasteiger partial charge is 0.0708 e. The van der Waals surface area contributed by atoms with Gasteiger partial charge in [-0.3, -0.25) is 0 Å². The van der Waals surface area contributed by atoms with Crippen LogP contribution < -0.4 is 0 Å². The van der Waals surface area contributed by atoms with Crippen molar-refractivity contribution in [2.45, 2.75) is 65.7 Å². The van der Waals surface area contributed by atoms with Crippen molar-refractivity contribution in [2.75, 3.05) is 14.1 Å². The molecule has 1 aliphatic heterocycles. The molecule has 0 aromatic carbocycles. The molecule has 0 aliphatic carbocycles. The van der Waals surface area contributed by atoms with Gasteiger partial charge in [-0.25, -0.2) is 0 Å². The van der Waals surface area contributed by atoms with E-state index in [0.29, 0.717) is 18.2 Å². The van der Waals surface area contributed by atoms with E-state index in [1.165, 1.54) is 12.8 Å². The van der Waals surface area contributed by atoms with Crippen LogP contribution in [0.3, 0.4) is 0 Å². The van der Waals surface area contributed by atoms with Gasteiger partial charge in [0.15, 0.2) is 0 Å². The Morgan fingerprint density at radius 3 is 1.93 bits per heavy atom. The molecule has 0 N–H and O–H groups in total. The van der Waals surface area contributed by atoms with Gasteiger partial charge in [0.1, 0.15) is 0 Å². The number of ether oxygens (including phenoxy) is 1. The van der Waals surface area contributed by atoms with Crippen LogP contribution in [0.25, 0.3) is 0 Å². The van der Waals surface area contributed by atoms with E-state index in [2.05, 4.69) is 53.6 Å². The molecular formula is C13H29NO. The van der Waals surface area contributed by atoms with Gasteiger partial charge in [-0.05, 0) is 40.3 Å². The van der Waals surface area contributed by atoms with E-state index in [4.69, 9.17) is 4.74 Å². The fourth-order valence-corrected chi connectivity index (χ4v) is 2.56. The lowest BCUT2D eigenvalue weighted by Crippen LogP contribution is -2.49. The normalized spacial score (nSPS) is 36.0. The molecule has 15 heavy (non-hydrogen) atoms. The summed E-state index contributed by atoms with van der Waals surface area (Å²) in [6.07, 6.45) is 3.25. The van der Waals surface area contributed by atoms with Crippen LogP contribution in [-0.4, -0.2) is 37.2 Å². The second-order valence-electron chi connectivity index (χ2n) is 5.03. The van der Waals surface area contributed by atoms with Gasteiger partial charge >= 0.3 is 0 Å². The number of nitrogens with zero attached hydrogens (tertiary/aromatic N) is 1. The third-order valence-electron chi connectivity index (χ3n) is 2.81. The lowest BCUT2D eigenvalue weighted by molar-refractivity contribution is -0.0955. The van der Waals surface area contributed by atoms with Crippen LogP contribution >= 0.6 is 0 Å². The van der Waals surface area contributed by atoms with Gasteiger partial charge in [0.2, 0.25) is 0 Å². The van der Waals surface area contributed by atoms with Gasteiger partial charge in [-0.2, -0.15) is 0 Å². The number of hydrogen-bond donors (Lipinski definition) is 0. The summed E-state index contributed by atoms with van der Waals surface area (Å²) in [7, 11) is 4.27. The van der Waals surface area contributed by atoms with Crippen molar-refractivity contribution in [1.29, 1.82) is 0 Å². The van der Waals surface area contributed by atoms with Crippen LogP contribution in [0, 0.1) is 5.92 Å². The van der Waals surface area contributed by atoms with Gasteiger partial charge in [0, 0.05) is 6.04 Å². The van der Waals surface area contributed by atoms with E-state index >= 15 is 0 Å². The fourth-order valence-electron chi connectivity index (χ4n) is 2.56. The number of hydrogen-bond acceptors (Lipinski definition) is 2. The second-order valence-corrected chi connectivity index (χ2v) is 5.03. The van der Waals surface area contributed by atoms with Crippen LogP contribution in [0.2, 0.25) is 0 Å². The Kier molecular flexibility index (Phi) is 7.20. The molecule has 0 aromatic heterocycles. The Morgan fingerprint density at radius 2 is 1.60 bits per heavy atom. The molecule has 1 heterocycles. The molecule has 2 nitrogen and oxygen atoms in total. The molecule has 0 saturated carbocycles. The van der Waals surface area contributed by atoms with Crippen molar-refractivity contribution in [3.05, 3.63) is 0 Å². The average Bonchev–Trinajstić information content (AvgIpc) is 2.01. The quantitative estimate of drug-likeness (QED) is 0.666. The van der Waals surface area contributed by atoms with Crippen molar-refractivity contribution < 1.29 is 4.74 Å². The first-order valence-electron chi connectivity index (χ1n) is 6.25. The number of likely N-dealkylation sites (N-methyl/N-ethyl adjacent to an activating group) is 1. The van der Waals surface area contributed by atoms with Gasteiger partial charge < -0.3 is 9.64 Å². The Bertz CT molecular complexity index is 147. The topological polar surface area (TPSA) is 12.5 Å². The van der Waals surface area contributed by atoms with E-state index in [9.17, 15) is 0 Å². The van der Waals surface area contributed by atoms with Gasteiger partial charge in [0.05, 0.1) is 12.2 Å². The predicted octanol–water partition coefficient (Wildman–Crippen LogP) is 3.17. The summed E-state index contributed by atoms with van der Waals surface area (Å²) in [4.78, 5) is 2.28. The van der Waals surface area contributed by atoms with E-state index in [1.54, 1.807) is 0 Å². The Labute approximate surface area is 96.0 Å². The highest BCUT2D eigenvalue weighted by Crippen LogP contribution is 2.27. The lowest BCUT2D eigenvalue weighted by atomic mass is 9.88. The van der Waals surface area contributed by atoms with Crippen molar-refractivity contribution >= 4 is 0 Å². The zero-order chi connectivity index (χ0) is 12.0. The highest BCUT2D eigenvalue weighted by atomic mass is 16.5. The monoisotopic (exact) mass is 215 g/mol. The van der Waals surface area contributed by atoms with E-state index in [0.717, 1.165) is 5.92 Å². The van der Waals surface area contributed by atoms with Crippen molar-refractivity contribution in [3.63, 3.8) is 0 Å². The largest absolute Gasteiger partial charge is 0.374 e. The molecule has 0 aromatic rings. The molecule has 1 fully saturated rings. The molecule has 1 aliphatic rings. The maximum atomic E-state index is 5.79. The molecule has 4 atom stereocenters. The van der Waals surface area contributed by atoms with Crippen LogP contribution in [0.15, 0.2) is 0 Å². The SMILES string of the molecule is CC1CC(C)C(N(C)C)C(C)O1.CCC. The van der Waals surface area contributed by atoms with Crippen molar-refractivity contribution in [3.8, 4) is 0 Å². The second kappa shape index (κ2) is 7.24. The first kappa shape index (κ1) is 14.9. The summed E-state index contributed by atoms with van der Waals surface area (Å²) >= 11 is 0. The highest BCUT2D eigenvalue weighted by Gasteiger charge is 2.33. The third-order valence-corrected chi connectivity index (χ3v) is 2.81. The summed E-state index contributed by atoms with van der Waals surface area (Å²) in [5, 5.41) is 0.